The molecule has 0 atom stereocenters. The van der Waals surface area contributed by atoms with E-state index in [-0.39, 0.29) is 5.41 Å². The monoisotopic (exact) mass is 811 g/mol. The Morgan fingerprint density at radius 2 is 1.02 bits per heavy atom. The van der Waals surface area contributed by atoms with Crippen LogP contribution in [0.1, 0.15) is 25.0 Å². The van der Waals surface area contributed by atoms with E-state index in [1.807, 2.05) is 42.5 Å². The van der Waals surface area contributed by atoms with Crippen LogP contribution in [0.3, 0.4) is 0 Å². The number of nitrogens with zero attached hydrogens (tertiary/aromatic N) is 3. The van der Waals surface area contributed by atoms with E-state index in [1.165, 1.54) is 22.3 Å². The van der Waals surface area contributed by atoms with Crippen molar-refractivity contribution in [2.24, 2.45) is 0 Å². The zero-order chi connectivity index (χ0) is 42.1. The summed E-state index contributed by atoms with van der Waals surface area (Å²) in [4.78, 5) is 9.95. The minimum Gasteiger partial charge on any atom is -0.454 e. The highest BCUT2D eigenvalue weighted by molar-refractivity contribution is 6.11. The summed E-state index contributed by atoms with van der Waals surface area (Å²) in [6.07, 6.45) is 0. The number of furan rings is 1. The second-order valence-corrected chi connectivity index (χ2v) is 16.7. The fourth-order valence-corrected chi connectivity index (χ4v) is 9.68. The van der Waals surface area contributed by atoms with Crippen molar-refractivity contribution in [1.82, 2.24) is 4.98 Å². The molecule has 0 N–H and O–H groups in total. The van der Waals surface area contributed by atoms with Gasteiger partial charge < -0.3 is 18.6 Å². The Labute approximate surface area is 365 Å². The van der Waals surface area contributed by atoms with Gasteiger partial charge in [0.05, 0.1) is 22.7 Å². The largest absolute Gasteiger partial charge is 0.454 e. The van der Waals surface area contributed by atoms with Gasteiger partial charge >= 0.3 is 0 Å². The van der Waals surface area contributed by atoms with Crippen LogP contribution in [0.2, 0.25) is 0 Å². The van der Waals surface area contributed by atoms with Gasteiger partial charge in [0.2, 0.25) is 5.89 Å². The summed E-state index contributed by atoms with van der Waals surface area (Å²) in [5.74, 6) is 0.555. The van der Waals surface area contributed by atoms with Gasteiger partial charge in [-0.25, -0.2) is 4.98 Å². The number of aromatic nitrogens is 1. The summed E-state index contributed by atoms with van der Waals surface area (Å²) in [5, 5.41) is 2.13. The Balaban J connectivity index is 1.16. The molecule has 0 saturated heterocycles. The lowest BCUT2D eigenvalue weighted by Crippen LogP contribution is -2.16. The molecule has 12 rings (SSSR count). The number of anilines is 6. The van der Waals surface area contributed by atoms with E-state index in [0.29, 0.717) is 11.5 Å². The number of benzene rings is 9. The molecule has 0 spiro atoms. The molecule has 0 aliphatic heterocycles. The Kier molecular flexibility index (Phi) is 8.44. The van der Waals surface area contributed by atoms with Crippen molar-refractivity contribution < 1.29 is 8.83 Å². The van der Waals surface area contributed by atoms with E-state index >= 15 is 0 Å². The second kappa shape index (κ2) is 14.5. The van der Waals surface area contributed by atoms with Crippen LogP contribution in [-0.2, 0) is 5.41 Å². The highest BCUT2D eigenvalue weighted by atomic mass is 16.3. The summed E-state index contributed by atoms with van der Waals surface area (Å²) in [5.41, 5.74) is 16.8. The summed E-state index contributed by atoms with van der Waals surface area (Å²) < 4.78 is 13.8. The molecule has 9 aromatic carbocycles. The van der Waals surface area contributed by atoms with E-state index in [0.717, 1.165) is 78.3 Å². The zero-order valence-corrected chi connectivity index (χ0v) is 34.9. The van der Waals surface area contributed by atoms with E-state index in [4.69, 9.17) is 13.8 Å². The summed E-state index contributed by atoms with van der Waals surface area (Å²) in [7, 11) is 0. The third-order valence-electron chi connectivity index (χ3n) is 12.7. The summed E-state index contributed by atoms with van der Waals surface area (Å²) in [6, 6.07) is 74.7. The van der Waals surface area contributed by atoms with Gasteiger partial charge in [-0.3, -0.25) is 0 Å². The third kappa shape index (κ3) is 5.96. The van der Waals surface area contributed by atoms with Gasteiger partial charge in [-0.2, -0.15) is 0 Å². The lowest BCUT2D eigenvalue weighted by molar-refractivity contribution is 0.620. The van der Waals surface area contributed by atoms with Gasteiger partial charge in [-0.15, -0.1) is 0 Å². The maximum absolute atomic E-state index is 6.97. The van der Waals surface area contributed by atoms with Gasteiger partial charge in [-0.1, -0.05) is 159 Å². The molecular formula is C58H41N3O2. The summed E-state index contributed by atoms with van der Waals surface area (Å²) >= 11 is 0. The topological polar surface area (TPSA) is 45.7 Å². The van der Waals surface area contributed by atoms with Gasteiger partial charge in [0.15, 0.2) is 11.2 Å². The van der Waals surface area contributed by atoms with Crippen molar-refractivity contribution in [1.29, 1.82) is 0 Å². The van der Waals surface area contributed by atoms with Crippen molar-refractivity contribution in [2.75, 3.05) is 9.80 Å². The minimum absolute atomic E-state index is 0.192. The van der Waals surface area contributed by atoms with Crippen molar-refractivity contribution in [3.8, 4) is 33.7 Å². The molecule has 5 heteroatoms. The smallest absolute Gasteiger partial charge is 0.227 e. The molecule has 0 radical (unpaired) electrons. The molecule has 0 fully saturated rings. The Morgan fingerprint density at radius 1 is 0.413 bits per heavy atom. The molecule has 0 bridgehead atoms. The first-order valence-corrected chi connectivity index (χ1v) is 21.5. The van der Waals surface area contributed by atoms with Crippen molar-refractivity contribution >= 4 is 67.2 Å². The number of oxazole rings is 1. The van der Waals surface area contributed by atoms with Crippen molar-refractivity contribution in [3.05, 3.63) is 223 Å². The lowest BCUT2D eigenvalue weighted by atomic mass is 9.82. The number of rotatable bonds is 8. The van der Waals surface area contributed by atoms with Gasteiger partial charge in [-0.05, 0) is 94.5 Å². The van der Waals surface area contributed by atoms with Crippen LogP contribution in [0.4, 0.5) is 34.1 Å². The first-order valence-electron chi connectivity index (χ1n) is 21.5. The van der Waals surface area contributed by atoms with Gasteiger partial charge in [0.25, 0.3) is 0 Å². The van der Waals surface area contributed by atoms with Crippen LogP contribution in [0.25, 0.3) is 66.7 Å². The molecule has 1 aliphatic rings. The first kappa shape index (κ1) is 36.7. The first-order chi connectivity index (χ1) is 31.0. The predicted molar refractivity (Wildman–Crippen MR) is 259 cm³/mol. The number of hydrogen-bond acceptors (Lipinski definition) is 5. The van der Waals surface area contributed by atoms with E-state index < -0.39 is 0 Å². The van der Waals surface area contributed by atoms with E-state index in [2.05, 4.69) is 194 Å². The average Bonchev–Trinajstić information content (AvgIpc) is 4.02. The number of fused-ring (bicyclic) bond motifs is 7. The van der Waals surface area contributed by atoms with Crippen LogP contribution < -0.4 is 9.80 Å². The predicted octanol–water partition coefficient (Wildman–Crippen LogP) is 16.3. The van der Waals surface area contributed by atoms with Crippen molar-refractivity contribution in [3.63, 3.8) is 0 Å². The molecule has 0 unspecified atom stereocenters. The number of hydrogen-bond donors (Lipinski definition) is 0. The fourth-order valence-electron chi connectivity index (χ4n) is 9.68. The van der Waals surface area contributed by atoms with Gasteiger partial charge in [0.1, 0.15) is 11.1 Å². The normalized spacial score (nSPS) is 12.7. The highest BCUT2D eigenvalue weighted by Crippen LogP contribution is 2.55. The van der Waals surface area contributed by atoms with E-state index in [1.54, 1.807) is 0 Å². The second-order valence-electron chi connectivity index (χ2n) is 16.7. The molecule has 2 aromatic heterocycles. The van der Waals surface area contributed by atoms with Crippen LogP contribution in [0, 0.1) is 0 Å². The lowest BCUT2D eigenvalue weighted by Gasteiger charge is -2.31. The molecule has 2 heterocycles. The molecule has 0 saturated carbocycles. The van der Waals surface area contributed by atoms with Crippen molar-refractivity contribution in [2.45, 2.75) is 19.3 Å². The van der Waals surface area contributed by atoms with Gasteiger partial charge in [0, 0.05) is 38.7 Å². The molecule has 1 aliphatic carbocycles. The van der Waals surface area contributed by atoms with Crippen LogP contribution in [0.5, 0.6) is 0 Å². The minimum atomic E-state index is -0.192. The standard InChI is InChI=1S/C58H41N3O2/c1-58(2)47-27-14-12-25-46(47)54-48(58)28-17-29-50(54)61(41-22-10-5-11-23-41)52-37-43(36-49-56(52)63-57(59-49)40-20-8-4-9-21-40)60(42-34-32-39(33-35-42)38-18-6-3-7-19-38)51-30-16-26-45-44-24-13-15-31-53(44)62-55(45)51/h3-37H,1-2H3. The fraction of sp³-hybridized carbons (Fsp3) is 0.0517. The Hall–Kier alpha value is -8.15. The maximum Gasteiger partial charge on any atom is 0.227 e. The molecule has 63 heavy (non-hydrogen) atoms. The quantitative estimate of drug-likeness (QED) is 0.153. The molecule has 0 amide bonds. The molecule has 11 aromatic rings. The highest BCUT2D eigenvalue weighted by Gasteiger charge is 2.38. The Morgan fingerprint density at radius 3 is 1.81 bits per heavy atom. The Bertz CT molecular complexity index is 3480. The van der Waals surface area contributed by atoms with E-state index in [9.17, 15) is 0 Å². The summed E-state index contributed by atoms with van der Waals surface area (Å²) in [6.45, 7) is 4.66. The average molecular weight is 812 g/mol. The van der Waals surface area contributed by atoms with Crippen LogP contribution >= 0.6 is 0 Å². The zero-order valence-electron chi connectivity index (χ0n) is 34.9. The van der Waals surface area contributed by atoms with Crippen LogP contribution in [0.15, 0.2) is 221 Å². The molecule has 300 valence electrons. The molecular weight excluding hydrogens is 771 g/mol. The third-order valence-corrected chi connectivity index (χ3v) is 12.7. The SMILES string of the molecule is CC1(C)c2ccccc2-c2c(N(c3ccccc3)c3cc(N(c4ccc(-c5ccccc5)cc4)c4cccc5c4oc4ccccc45)cc4nc(-c5ccccc5)oc34)cccc21. The molecule has 5 nitrogen and oxygen atoms in total. The maximum atomic E-state index is 6.97. The number of para-hydroxylation sites is 3. The van der Waals surface area contributed by atoms with Crippen LogP contribution in [-0.4, -0.2) is 4.98 Å².